The summed E-state index contributed by atoms with van der Waals surface area (Å²) >= 11 is 0. The Bertz CT molecular complexity index is 752. The van der Waals surface area contributed by atoms with Crippen molar-refractivity contribution >= 4 is 12.4 Å². The van der Waals surface area contributed by atoms with Crippen molar-refractivity contribution in [2.24, 2.45) is 0 Å². The maximum absolute atomic E-state index is 10.8. The number of aryl methyl sites for hydroxylation is 2. The first-order chi connectivity index (χ1) is 11.6. The van der Waals surface area contributed by atoms with Gasteiger partial charge in [0.1, 0.15) is 6.10 Å². The fourth-order valence-electron chi connectivity index (χ4n) is 2.95. The molecule has 132 valence electrons. The molecule has 1 heterocycles. The van der Waals surface area contributed by atoms with Crippen molar-refractivity contribution in [3.8, 4) is 0 Å². The predicted molar refractivity (Wildman–Crippen MR) is 104 cm³/mol. The highest BCUT2D eigenvalue weighted by atomic mass is 35.5. The monoisotopic (exact) mass is 356 g/mol. The Hall–Kier alpha value is -2.10. The van der Waals surface area contributed by atoms with E-state index >= 15 is 0 Å². The van der Waals surface area contributed by atoms with E-state index in [2.05, 4.69) is 41.4 Å². The number of imidazole rings is 1. The van der Waals surface area contributed by atoms with E-state index in [1.165, 1.54) is 11.1 Å². The van der Waals surface area contributed by atoms with Gasteiger partial charge in [-0.1, -0.05) is 54.6 Å². The average molecular weight is 357 g/mol. The van der Waals surface area contributed by atoms with Crippen molar-refractivity contribution in [2.45, 2.75) is 38.3 Å². The van der Waals surface area contributed by atoms with Crippen molar-refractivity contribution in [1.82, 2.24) is 9.55 Å². The third kappa shape index (κ3) is 4.50. The van der Waals surface area contributed by atoms with E-state index < -0.39 is 11.6 Å². The summed E-state index contributed by atoms with van der Waals surface area (Å²) in [4.78, 5) is 4.08. The van der Waals surface area contributed by atoms with Gasteiger partial charge in [0.25, 0.3) is 0 Å². The number of hydrogen-bond donors (Lipinski definition) is 1. The molecule has 3 rings (SSSR count). The van der Waals surface area contributed by atoms with E-state index in [1.54, 1.807) is 12.5 Å². The summed E-state index contributed by atoms with van der Waals surface area (Å²) in [6.07, 6.45) is 6.82. The molecule has 3 aromatic rings. The van der Waals surface area contributed by atoms with Gasteiger partial charge < -0.3 is 9.67 Å². The summed E-state index contributed by atoms with van der Waals surface area (Å²) in [5.41, 5.74) is 3.12. The molecule has 0 aliphatic rings. The summed E-state index contributed by atoms with van der Waals surface area (Å²) in [6.45, 7) is 4.03. The lowest BCUT2D eigenvalue weighted by Crippen LogP contribution is -2.32. The normalized spacial score (nSPS) is 12.4. The van der Waals surface area contributed by atoms with Crippen LogP contribution in [0.4, 0.5) is 0 Å². The van der Waals surface area contributed by atoms with E-state index in [4.69, 9.17) is 0 Å². The van der Waals surface area contributed by atoms with Crippen molar-refractivity contribution in [3.63, 3.8) is 0 Å². The molecule has 0 spiro atoms. The van der Waals surface area contributed by atoms with Crippen LogP contribution >= 0.6 is 12.4 Å². The van der Waals surface area contributed by atoms with Crippen LogP contribution in [0.2, 0.25) is 0 Å². The number of aliphatic hydroxyl groups is 1. The molecule has 1 atom stereocenters. The first-order valence-electron chi connectivity index (χ1n) is 8.36. The fraction of sp³-hybridized carbons (Fsp3) is 0.286. The third-order valence-corrected chi connectivity index (χ3v) is 4.68. The maximum atomic E-state index is 10.8. The standard InChI is InChI=1S/C21H24N2O.ClH/c1-21(2,23-15-14-22-16-23)20(24)19-12-10-18(11-13-19)9-8-17-6-4-3-5-7-17;/h3-7,10-16,20,24H,8-9H2,1-2H3;1H. The minimum Gasteiger partial charge on any atom is -0.386 e. The van der Waals surface area contributed by atoms with Gasteiger partial charge in [-0.05, 0) is 43.4 Å². The van der Waals surface area contributed by atoms with Gasteiger partial charge in [0.15, 0.2) is 0 Å². The van der Waals surface area contributed by atoms with Gasteiger partial charge in [-0.3, -0.25) is 0 Å². The van der Waals surface area contributed by atoms with Gasteiger partial charge in [-0.25, -0.2) is 4.98 Å². The maximum Gasteiger partial charge on any atom is 0.102 e. The molecular weight excluding hydrogens is 332 g/mol. The van der Waals surface area contributed by atoms with Crippen LogP contribution in [0.5, 0.6) is 0 Å². The summed E-state index contributed by atoms with van der Waals surface area (Å²) in [6, 6.07) is 18.8. The molecule has 4 heteroatoms. The highest BCUT2D eigenvalue weighted by molar-refractivity contribution is 5.85. The Morgan fingerprint density at radius 3 is 2.12 bits per heavy atom. The number of rotatable bonds is 6. The topological polar surface area (TPSA) is 38.0 Å². The lowest BCUT2D eigenvalue weighted by molar-refractivity contribution is 0.0566. The predicted octanol–water partition coefficient (Wildman–Crippen LogP) is 4.56. The Kier molecular flexibility index (Phi) is 6.40. The molecule has 0 bridgehead atoms. The van der Waals surface area contributed by atoms with Crippen LogP contribution in [0.1, 0.15) is 36.6 Å². The highest BCUT2D eigenvalue weighted by Crippen LogP contribution is 2.32. The Morgan fingerprint density at radius 2 is 1.56 bits per heavy atom. The van der Waals surface area contributed by atoms with Gasteiger partial charge in [0.05, 0.1) is 11.9 Å². The van der Waals surface area contributed by atoms with E-state index in [1.807, 2.05) is 42.8 Å². The van der Waals surface area contributed by atoms with E-state index in [0.29, 0.717) is 0 Å². The summed E-state index contributed by atoms with van der Waals surface area (Å²) < 4.78 is 1.95. The molecule has 1 aromatic heterocycles. The first-order valence-corrected chi connectivity index (χ1v) is 8.36. The minimum atomic E-state index is -0.588. The number of aliphatic hydroxyl groups excluding tert-OH is 1. The van der Waals surface area contributed by atoms with Crippen molar-refractivity contribution in [1.29, 1.82) is 0 Å². The quantitative estimate of drug-likeness (QED) is 0.703. The smallest absolute Gasteiger partial charge is 0.102 e. The molecule has 0 aliphatic carbocycles. The number of aromatic nitrogens is 2. The second-order valence-corrected chi connectivity index (χ2v) is 6.75. The SMILES string of the molecule is CC(C)(C(O)c1ccc(CCc2ccccc2)cc1)n1ccnc1.Cl. The van der Waals surface area contributed by atoms with Crippen LogP contribution in [-0.2, 0) is 18.4 Å². The fourth-order valence-corrected chi connectivity index (χ4v) is 2.95. The Morgan fingerprint density at radius 1 is 0.960 bits per heavy atom. The third-order valence-electron chi connectivity index (χ3n) is 4.68. The molecule has 1 N–H and O–H groups in total. The summed E-state index contributed by atoms with van der Waals surface area (Å²) in [5, 5.41) is 10.8. The van der Waals surface area contributed by atoms with Crippen LogP contribution < -0.4 is 0 Å². The van der Waals surface area contributed by atoms with Crippen LogP contribution in [0.3, 0.4) is 0 Å². The van der Waals surface area contributed by atoms with Gasteiger partial charge >= 0.3 is 0 Å². The zero-order valence-corrected chi connectivity index (χ0v) is 15.5. The van der Waals surface area contributed by atoms with Gasteiger partial charge in [0.2, 0.25) is 0 Å². The number of hydrogen-bond acceptors (Lipinski definition) is 2. The van der Waals surface area contributed by atoms with Crippen LogP contribution in [0.15, 0.2) is 73.3 Å². The largest absolute Gasteiger partial charge is 0.386 e. The minimum absolute atomic E-state index is 0. The Labute approximate surface area is 155 Å². The molecule has 1 unspecified atom stereocenters. The molecule has 0 saturated heterocycles. The second-order valence-electron chi connectivity index (χ2n) is 6.75. The van der Waals surface area contributed by atoms with Crippen molar-refractivity contribution < 1.29 is 5.11 Å². The van der Waals surface area contributed by atoms with Crippen LogP contribution in [0, 0.1) is 0 Å². The van der Waals surface area contributed by atoms with Crippen LogP contribution in [0.25, 0.3) is 0 Å². The molecule has 0 aliphatic heterocycles. The van der Waals surface area contributed by atoms with E-state index in [-0.39, 0.29) is 12.4 Å². The van der Waals surface area contributed by atoms with E-state index in [0.717, 1.165) is 18.4 Å². The molecule has 2 aromatic carbocycles. The van der Waals surface area contributed by atoms with Gasteiger partial charge in [-0.2, -0.15) is 0 Å². The van der Waals surface area contributed by atoms with Gasteiger partial charge in [-0.15, -0.1) is 12.4 Å². The van der Waals surface area contributed by atoms with Gasteiger partial charge in [0, 0.05) is 12.4 Å². The molecule has 0 radical (unpaired) electrons. The van der Waals surface area contributed by atoms with E-state index in [9.17, 15) is 5.11 Å². The number of halogens is 1. The molecule has 0 saturated carbocycles. The lowest BCUT2D eigenvalue weighted by atomic mass is 9.90. The first kappa shape index (κ1) is 19.2. The zero-order chi connectivity index (χ0) is 17.0. The zero-order valence-electron chi connectivity index (χ0n) is 14.7. The van der Waals surface area contributed by atoms with Crippen molar-refractivity contribution in [3.05, 3.63) is 90.0 Å². The molecular formula is C21H25ClN2O. The molecule has 0 fully saturated rings. The van der Waals surface area contributed by atoms with Crippen LogP contribution in [-0.4, -0.2) is 14.7 Å². The number of nitrogens with zero attached hydrogens (tertiary/aromatic N) is 2. The second kappa shape index (κ2) is 8.32. The average Bonchev–Trinajstić information content (AvgIpc) is 3.16. The highest BCUT2D eigenvalue weighted by Gasteiger charge is 2.30. The summed E-state index contributed by atoms with van der Waals surface area (Å²) in [7, 11) is 0. The summed E-state index contributed by atoms with van der Waals surface area (Å²) in [5.74, 6) is 0. The van der Waals surface area contributed by atoms with Crippen molar-refractivity contribution in [2.75, 3.05) is 0 Å². The molecule has 25 heavy (non-hydrogen) atoms. The lowest BCUT2D eigenvalue weighted by Gasteiger charge is -2.32. The number of benzene rings is 2. The molecule has 3 nitrogen and oxygen atoms in total. The molecule has 0 amide bonds. The Balaban J connectivity index is 0.00000225.